The van der Waals surface area contributed by atoms with Crippen molar-refractivity contribution in [1.29, 1.82) is 0 Å². The van der Waals surface area contributed by atoms with Gasteiger partial charge in [-0.2, -0.15) is 6.08 Å². The Labute approximate surface area is 118 Å². The molecule has 0 saturated heterocycles. The van der Waals surface area contributed by atoms with Gasteiger partial charge in [-0.25, -0.2) is 12.2 Å². The molecule has 0 unspecified atom stereocenters. The summed E-state index contributed by atoms with van der Waals surface area (Å²) in [6.45, 7) is 0. The van der Waals surface area contributed by atoms with E-state index in [4.69, 9.17) is 0 Å². The van der Waals surface area contributed by atoms with Gasteiger partial charge < -0.3 is 29.9 Å². The molecule has 0 amide bonds. The summed E-state index contributed by atoms with van der Waals surface area (Å²) in [6, 6.07) is 8.33. The molecule has 1 nitrogen and oxygen atoms in total. The summed E-state index contributed by atoms with van der Waals surface area (Å²) < 4.78 is 0. The Morgan fingerprint density at radius 2 is 1.67 bits per heavy atom. The molecule has 1 aliphatic rings. The SMILES string of the molecule is [C-]1=CC=CC1.[Cl-].[Cl-].[O-]c1ccccc1.[Ti+4]. The quantitative estimate of drug-likeness (QED) is 0.351. The average Bonchev–Trinajstić information content (AvgIpc) is 2.62. The van der Waals surface area contributed by atoms with E-state index in [9.17, 15) is 5.11 Å². The Morgan fingerprint density at radius 3 is 1.87 bits per heavy atom. The normalized spacial score (nSPS) is 9.87. The van der Waals surface area contributed by atoms with Crippen molar-refractivity contribution in [3.63, 3.8) is 0 Å². The number of para-hydroxylation sites is 1. The molecule has 0 spiro atoms. The first kappa shape index (κ1) is 20.2. The second kappa shape index (κ2) is 13.8. The third-order valence-electron chi connectivity index (χ3n) is 1.33. The zero-order valence-corrected chi connectivity index (χ0v) is 11.1. The smallest absolute Gasteiger partial charge is 1.00 e. The van der Waals surface area contributed by atoms with E-state index < -0.39 is 0 Å². The van der Waals surface area contributed by atoms with Crippen LogP contribution in [0.4, 0.5) is 0 Å². The zero-order chi connectivity index (χ0) is 8.65. The van der Waals surface area contributed by atoms with Gasteiger partial charge in [-0.1, -0.05) is 30.3 Å². The standard InChI is InChI=1S/C6H6O.C5H5.2ClH.Ti/c7-6-4-2-1-3-5-6;1-2-4-5-3-1;;;/h1-5,7H;1-3H,4H2;2*1H;/q;-1;;;+4/p-3. The van der Waals surface area contributed by atoms with Crippen molar-refractivity contribution in [2.75, 3.05) is 0 Å². The second-order valence-electron chi connectivity index (χ2n) is 2.32. The van der Waals surface area contributed by atoms with Gasteiger partial charge >= 0.3 is 21.7 Å². The van der Waals surface area contributed by atoms with Crippen LogP contribution in [0.25, 0.3) is 0 Å². The van der Waals surface area contributed by atoms with Gasteiger partial charge in [0.2, 0.25) is 0 Å². The van der Waals surface area contributed by atoms with E-state index in [1.54, 1.807) is 12.1 Å². The molecule has 0 heterocycles. The Bertz CT molecular complexity index is 263. The van der Waals surface area contributed by atoms with Gasteiger partial charge in [0, 0.05) is 0 Å². The maximum Gasteiger partial charge on any atom is 4.00 e. The summed E-state index contributed by atoms with van der Waals surface area (Å²) in [7, 11) is 0. The van der Waals surface area contributed by atoms with Crippen LogP contribution < -0.4 is 29.9 Å². The summed E-state index contributed by atoms with van der Waals surface area (Å²) in [5.41, 5.74) is 0. The van der Waals surface area contributed by atoms with Crippen LogP contribution >= 0.6 is 0 Å². The Kier molecular flexibility index (Phi) is 18.6. The van der Waals surface area contributed by atoms with Gasteiger partial charge in [0.15, 0.2) is 0 Å². The molecule has 1 aromatic carbocycles. The van der Waals surface area contributed by atoms with Crippen LogP contribution in [0.1, 0.15) is 6.42 Å². The van der Waals surface area contributed by atoms with E-state index in [1.165, 1.54) is 12.1 Å². The third kappa shape index (κ3) is 11.7. The van der Waals surface area contributed by atoms with E-state index in [2.05, 4.69) is 12.2 Å². The maximum absolute atomic E-state index is 10.3. The molecule has 0 N–H and O–H groups in total. The number of allylic oxidation sites excluding steroid dienone is 4. The molecule has 2 rings (SSSR count). The van der Waals surface area contributed by atoms with Crippen LogP contribution in [0.5, 0.6) is 5.75 Å². The third-order valence-corrected chi connectivity index (χ3v) is 1.33. The summed E-state index contributed by atoms with van der Waals surface area (Å²) in [5, 5.41) is 10.3. The van der Waals surface area contributed by atoms with Crippen LogP contribution in [0.15, 0.2) is 48.6 Å². The molecule has 78 valence electrons. The molecular weight excluding hydrogens is 267 g/mol. The predicted molar refractivity (Wildman–Crippen MR) is 47.5 cm³/mol. The van der Waals surface area contributed by atoms with Gasteiger partial charge in [-0.3, -0.25) is 6.08 Å². The largest absolute Gasteiger partial charge is 4.00 e. The minimum Gasteiger partial charge on any atom is -1.00 e. The second-order valence-corrected chi connectivity index (χ2v) is 2.32. The maximum atomic E-state index is 10.3. The van der Waals surface area contributed by atoms with E-state index in [0.29, 0.717) is 0 Å². The number of benzene rings is 1. The van der Waals surface area contributed by atoms with Gasteiger partial charge in [0.25, 0.3) is 0 Å². The fraction of sp³-hybridized carbons (Fsp3) is 0.0909. The fourth-order valence-electron chi connectivity index (χ4n) is 0.761. The molecule has 0 radical (unpaired) electrons. The molecule has 0 atom stereocenters. The van der Waals surface area contributed by atoms with Crippen LogP contribution in [-0.2, 0) is 21.7 Å². The van der Waals surface area contributed by atoms with E-state index in [1.807, 2.05) is 18.2 Å². The molecule has 15 heavy (non-hydrogen) atoms. The summed E-state index contributed by atoms with van der Waals surface area (Å²) >= 11 is 0. The molecule has 0 fully saturated rings. The van der Waals surface area contributed by atoms with Crippen molar-refractivity contribution >= 4 is 0 Å². The molecule has 1 aromatic rings. The molecule has 0 aromatic heterocycles. The van der Waals surface area contributed by atoms with Crippen molar-refractivity contribution in [1.82, 2.24) is 0 Å². The van der Waals surface area contributed by atoms with Crippen molar-refractivity contribution in [2.45, 2.75) is 6.42 Å². The molecule has 0 bridgehead atoms. The Morgan fingerprint density at radius 1 is 1.07 bits per heavy atom. The number of hydrogen-bond acceptors (Lipinski definition) is 1. The van der Waals surface area contributed by atoms with Crippen molar-refractivity contribution in [3.8, 4) is 5.75 Å². The van der Waals surface area contributed by atoms with Crippen molar-refractivity contribution in [3.05, 3.63) is 54.6 Å². The van der Waals surface area contributed by atoms with Gasteiger partial charge in [-0.05, 0) is 0 Å². The first-order chi connectivity index (χ1) is 5.89. The van der Waals surface area contributed by atoms with Crippen LogP contribution in [-0.4, -0.2) is 0 Å². The summed E-state index contributed by atoms with van der Waals surface area (Å²) in [4.78, 5) is 0. The molecular formula is C11H10Cl2OTi. The Hall–Kier alpha value is -0.206. The van der Waals surface area contributed by atoms with Gasteiger partial charge in [0.05, 0.1) is 0 Å². The molecule has 0 saturated carbocycles. The fourth-order valence-corrected chi connectivity index (χ4v) is 0.761. The van der Waals surface area contributed by atoms with E-state index in [-0.39, 0.29) is 52.3 Å². The number of hydrogen-bond donors (Lipinski definition) is 0. The molecule has 4 heteroatoms. The first-order valence-corrected chi connectivity index (χ1v) is 3.83. The molecule has 0 aliphatic heterocycles. The predicted octanol–water partition coefficient (Wildman–Crippen LogP) is -3.93. The van der Waals surface area contributed by atoms with Gasteiger partial charge in [0.1, 0.15) is 0 Å². The first-order valence-electron chi connectivity index (χ1n) is 3.83. The van der Waals surface area contributed by atoms with Crippen molar-refractivity contribution in [2.24, 2.45) is 0 Å². The average molecular weight is 277 g/mol. The van der Waals surface area contributed by atoms with Crippen LogP contribution in [0.2, 0.25) is 0 Å². The topological polar surface area (TPSA) is 23.1 Å². The summed E-state index contributed by atoms with van der Waals surface area (Å²) in [5.74, 6) is 0.0718. The van der Waals surface area contributed by atoms with Crippen LogP contribution in [0.3, 0.4) is 0 Å². The monoisotopic (exact) mass is 276 g/mol. The minimum absolute atomic E-state index is 0. The Balaban J connectivity index is -0.000000165. The minimum atomic E-state index is 0. The van der Waals surface area contributed by atoms with Gasteiger partial charge in [-0.15, -0.1) is 12.2 Å². The van der Waals surface area contributed by atoms with E-state index >= 15 is 0 Å². The molecule has 1 aliphatic carbocycles. The number of rotatable bonds is 0. The number of halogens is 2. The van der Waals surface area contributed by atoms with Crippen LogP contribution in [0, 0.1) is 6.08 Å². The van der Waals surface area contributed by atoms with Crippen molar-refractivity contribution < 1.29 is 51.6 Å². The zero-order valence-electron chi connectivity index (χ0n) is 7.99. The van der Waals surface area contributed by atoms with E-state index in [0.717, 1.165) is 6.42 Å². The summed E-state index contributed by atoms with van der Waals surface area (Å²) in [6.07, 6.45) is 10.0.